The highest BCUT2D eigenvalue weighted by Crippen LogP contribution is 2.22. The molecule has 3 rings (SSSR count). The Bertz CT molecular complexity index is 785. The summed E-state index contributed by atoms with van der Waals surface area (Å²) in [5.74, 6) is 0.925. The van der Waals surface area contributed by atoms with Crippen molar-refractivity contribution in [1.82, 2.24) is 9.80 Å². The van der Waals surface area contributed by atoms with Crippen molar-refractivity contribution in [1.29, 1.82) is 0 Å². The van der Waals surface area contributed by atoms with Crippen LogP contribution in [0.2, 0.25) is 5.02 Å². The van der Waals surface area contributed by atoms with Crippen LogP contribution in [-0.4, -0.2) is 52.6 Å². The number of benzene rings is 1. The maximum atomic E-state index is 12.6. The summed E-state index contributed by atoms with van der Waals surface area (Å²) in [5.41, 5.74) is 0. The van der Waals surface area contributed by atoms with Crippen LogP contribution in [0.4, 0.5) is 0 Å². The molecule has 0 unspecified atom stereocenters. The molecule has 1 saturated heterocycles. The molecule has 5 nitrogen and oxygen atoms in total. The minimum atomic E-state index is -1.31. The van der Waals surface area contributed by atoms with Gasteiger partial charge in [-0.15, -0.1) is 0 Å². The summed E-state index contributed by atoms with van der Waals surface area (Å²) in [6, 6.07) is 10.4. The second-order valence-electron chi connectivity index (χ2n) is 6.32. The third-order valence-electron chi connectivity index (χ3n) is 4.43. The maximum Gasteiger partial charge on any atom is 0.289 e. The van der Waals surface area contributed by atoms with Gasteiger partial charge >= 0.3 is 0 Å². The second kappa shape index (κ2) is 8.84. The van der Waals surface area contributed by atoms with Gasteiger partial charge in [0.25, 0.3) is 5.91 Å². The Labute approximate surface area is 161 Å². The molecule has 0 bridgehead atoms. The molecule has 1 atom stereocenters. The summed E-state index contributed by atoms with van der Waals surface area (Å²) in [7, 11) is -1.31. The number of rotatable bonds is 6. The van der Waals surface area contributed by atoms with Gasteiger partial charge in [-0.1, -0.05) is 30.7 Å². The fourth-order valence-corrected chi connectivity index (χ4v) is 4.53. The number of amides is 1. The number of furan rings is 1. The zero-order valence-corrected chi connectivity index (χ0v) is 16.4. The first-order valence-corrected chi connectivity index (χ1v) is 10.5. The van der Waals surface area contributed by atoms with Gasteiger partial charge in [-0.2, -0.15) is 0 Å². The van der Waals surface area contributed by atoms with E-state index in [4.69, 9.17) is 16.0 Å². The van der Waals surface area contributed by atoms with Gasteiger partial charge in [0.05, 0.1) is 26.5 Å². The van der Waals surface area contributed by atoms with Crippen molar-refractivity contribution >= 4 is 28.3 Å². The predicted octanol–water partition coefficient (Wildman–Crippen LogP) is 3.41. The van der Waals surface area contributed by atoms with Crippen molar-refractivity contribution in [3.8, 4) is 0 Å². The lowest BCUT2D eigenvalue weighted by Gasteiger charge is -2.34. The summed E-state index contributed by atoms with van der Waals surface area (Å²) < 4.78 is 18.1. The molecule has 1 aromatic heterocycles. The summed E-state index contributed by atoms with van der Waals surface area (Å²) in [5, 5.41) is 0.471. The van der Waals surface area contributed by atoms with Gasteiger partial charge in [0.2, 0.25) is 0 Å². The summed E-state index contributed by atoms with van der Waals surface area (Å²) >= 11 is 6.09. The fraction of sp³-hybridized carbons (Fsp3) is 0.421. The predicted molar refractivity (Wildman–Crippen MR) is 103 cm³/mol. The van der Waals surface area contributed by atoms with Crippen molar-refractivity contribution < 1.29 is 13.4 Å². The van der Waals surface area contributed by atoms with E-state index in [2.05, 4.69) is 11.8 Å². The fourth-order valence-electron chi connectivity index (χ4n) is 3.05. The molecule has 0 saturated carbocycles. The van der Waals surface area contributed by atoms with Gasteiger partial charge in [-0.25, -0.2) is 0 Å². The molecule has 140 valence electrons. The number of carbonyl (C=O) groups is 1. The van der Waals surface area contributed by atoms with Gasteiger partial charge in [0.1, 0.15) is 5.76 Å². The standard InChI is InChI=1S/C19H23ClN2O3S/c1-2-9-21-10-12-22(13-11-21)19(23)17-8-7-15(25-17)14-26(24)18-6-4-3-5-16(18)20/h3-8H,2,9-14H2,1H3/t26-/m0/s1. The molecule has 7 heteroatoms. The van der Waals surface area contributed by atoms with Crippen LogP contribution in [-0.2, 0) is 16.6 Å². The van der Waals surface area contributed by atoms with E-state index >= 15 is 0 Å². The molecule has 1 fully saturated rings. The summed E-state index contributed by atoms with van der Waals surface area (Å²) in [6.07, 6.45) is 1.12. The van der Waals surface area contributed by atoms with Crippen LogP contribution < -0.4 is 0 Å². The number of halogens is 1. The van der Waals surface area contributed by atoms with E-state index < -0.39 is 10.8 Å². The van der Waals surface area contributed by atoms with Crippen LogP contribution in [0.25, 0.3) is 0 Å². The van der Waals surface area contributed by atoms with Crippen LogP contribution >= 0.6 is 11.6 Å². The average molecular weight is 395 g/mol. The molecule has 26 heavy (non-hydrogen) atoms. The lowest BCUT2D eigenvalue weighted by molar-refractivity contribution is 0.0605. The summed E-state index contributed by atoms with van der Waals surface area (Å²) in [6.45, 7) is 6.43. The highest BCUT2D eigenvalue weighted by molar-refractivity contribution is 7.84. The lowest BCUT2D eigenvalue weighted by Crippen LogP contribution is -2.48. The molecule has 0 radical (unpaired) electrons. The number of hydrogen-bond donors (Lipinski definition) is 0. The molecule has 1 aliphatic heterocycles. The van der Waals surface area contributed by atoms with Crippen LogP contribution in [0.3, 0.4) is 0 Å². The van der Waals surface area contributed by atoms with E-state index in [1.807, 2.05) is 4.90 Å². The highest BCUT2D eigenvalue weighted by atomic mass is 35.5. The molecule has 0 spiro atoms. The normalized spacial score (nSPS) is 16.6. The Morgan fingerprint density at radius 2 is 1.88 bits per heavy atom. The van der Waals surface area contributed by atoms with E-state index in [1.165, 1.54) is 0 Å². The molecular formula is C19H23ClN2O3S. The monoisotopic (exact) mass is 394 g/mol. The van der Waals surface area contributed by atoms with E-state index in [-0.39, 0.29) is 11.7 Å². The lowest BCUT2D eigenvalue weighted by atomic mass is 10.2. The van der Waals surface area contributed by atoms with Crippen LogP contribution in [0.5, 0.6) is 0 Å². The largest absolute Gasteiger partial charge is 0.455 e. The Balaban J connectivity index is 1.60. The van der Waals surface area contributed by atoms with Crippen molar-refractivity contribution in [3.05, 3.63) is 52.9 Å². The van der Waals surface area contributed by atoms with Gasteiger partial charge < -0.3 is 9.32 Å². The Morgan fingerprint density at radius 3 is 2.58 bits per heavy atom. The molecule has 0 N–H and O–H groups in total. The second-order valence-corrected chi connectivity index (χ2v) is 8.15. The van der Waals surface area contributed by atoms with Crippen LogP contribution in [0.1, 0.15) is 29.7 Å². The van der Waals surface area contributed by atoms with Gasteiger partial charge in [0.15, 0.2) is 5.76 Å². The average Bonchev–Trinajstić information content (AvgIpc) is 3.11. The van der Waals surface area contributed by atoms with Crippen molar-refractivity contribution in [2.24, 2.45) is 0 Å². The molecule has 1 aliphatic rings. The Kier molecular flexibility index (Phi) is 6.51. The molecule has 1 aromatic carbocycles. The smallest absolute Gasteiger partial charge is 0.289 e. The Morgan fingerprint density at radius 1 is 1.15 bits per heavy atom. The number of nitrogens with zero attached hydrogens (tertiary/aromatic N) is 2. The molecule has 0 aliphatic carbocycles. The number of carbonyl (C=O) groups excluding carboxylic acids is 1. The third kappa shape index (κ3) is 4.55. The zero-order chi connectivity index (χ0) is 18.5. The minimum absolute atomic E-state index is 0.101. The van der Waals surface area contributed by atoms with Crippen molar-refractivity contribution in [3.63, 3.8) is 0 Å². The van der Waals surface area contributed by atoms with E-state index in [1.54, 1.807) is 36.4 Å². The molecular weight excluding hydrogens is 372 g/mol. The number of hydrogen-bond acceptors (Lipinski definition) is 4. The molecule has 2 aromatic rings. The van der Waals surface area contributed by atoms with Gasteiger partial charge in [-0.05, 0) is 37.2 Å². The van der Waals surface area contributed by atoms with Crippen LogP contribution in [0.15, 0.2) is 45.7 Å². The third-order valence-corrected chi connectivity index (χ3v) is 6.26. The zero-order valence-electron chi connectivity index (χ0n) is 14.8. The topological polar surface area (TPSA) is 53.8 Å². The van der Waals surface area contributed by atoms with E-state index in [9.17, 15) is 9.00 Å². The first-order chi connectivity index (χ1) is 12.6. The van der Waals surface area contributed by atoms with Crippen LogP contribution in [0, 0.1) is 0 Å². The SMILES string of the molecule is CCCN1CCN(C(=O)c2ccc(C[S@](=O)c3ccccc3Cl)o2)CC1. The quantitative estimate of drug-likeness (QED) is 0.753. The first kappa shape index (κ1) is 19.1. The Hall–Kier alpha value is -1.63. The van der Waals surface area contributed by atoms with Gasteiger partial charge in [0, 0.05) is 26.2 Å². The maximum absolute atomic E-state index is 12.6. The van der Waals surface area contributed by atoms with Crippen molar-refractivity contribution in [2.75, 3.05) is 32.7 Å². The van der Waals surface area contributed by atoms with Gasteiger partial charge in [-0.3, -0.25) is 13.9 Å². The van der Waals surface area contributed by atoms with Crippen molar-refractivity contribution in [2.45, 2.75) is 24.0 Å². The minimum Gasteiger partial charge on any atom is -0.455 e. The molecule has 2 heterocycles. The molecule has 1 amide bonds. The summed E-state index contributed by atoms with van der Waals surface area (Å²) in [4.78, 5) is 17.4. The first-order valence-electron chi connectivity index (χ1n) is 8.81. The highest BCUT2D eigenvalue weighted by Gasteiger charge is 2.24. The number of piperazine rings is 1. The van der Waals surface area contributed by atoms with E-state index in [0.29, 0.717) is 34.5 Å². The van der Waals surface area contributed by atoms with E-state index in [0.717, 1.165) is 26.1 Å².